The first-order chi connectivity index (χ1) is 9.52. The van der Waals surface area contributed by atoms with E-state index in [1.54, 1.807) is 0 Å². The molecule has 3 atom stereocenters. The Bertz CT molecular complexity index is 372. The molecule has 2 aliphatic heterocycles. The zero-order chi connectivity index (χ0) is 14.8. The average Bonchev–Trinajstić information content (AvgIpc) is 2.81. The van der Waals surface area contributed by atoms with Crippen molar-refractivity contribution in [1.82, 2.24) is 10.2 Å². The maximum atomic E-state index is 13.0. The van der Waals surface area contributed by atoms with Crippen molar-refractivity contribution >= 4 is 11.9 Å². The summed E-state index contributed by atoms with van der Waals surface area (Å²) in [6, 6.07) is -0.185. The van der Waals surface area contributed by atoms with E-state index in [1.807, 2.05) is 11.8 Å². The van der Waals surface area contributed by atoms with Crippen LogP contribution in [0.1, 0.15) is 46.0 Å². The number of carboxylic acid groups (broad SMARTS) is 1. The molecule has 0 aromatic heterocycles. The first-order valence-corrected chi connectivity index (χ1v) is 7.76. The van der Waals surface area contributed by atoms with Gasteiger partial charge in [-0.15, -0.1) is 0 Å². The predicted octanol–water partition coefficient (Wildman–Crippen LogP) is 1.48. The van der Waals surface area contributed by atoms with E-state index in [2.05, 4.69) is 12.2 Å². The highest BCUT2D eigenvalue weighted by Gasteiger charge is 2.46. The van der Waals surface area contributed by atoms with Crippen molar-refractivity contribution in [2.75, 3.05) is 19.6 Å². The van der Waals surface area contributed by atoms with E-state index in [9.17, 15) is 14.7 Å². The van der Waals surface area contributed by atoms with Crippen LogP contribution in [0.3, 0.4) is 0 Å². The van der Waals surface area contributed by atoms with E-state index in [-0.39, 0.29) is 17.4 Å². The Morgan fingerprint density at radius 3 is 2.70 bits per heavy atom. The van der Waals surface area contributed by atoms with Gasteiger partial charge in [-0.3, -0.25) is 9.59 Å². The molecule has 0 bridgehead atoms. The topological polar surface area (TPSA) is 69.6 Å². The zero-order valence-corrected chi connectivity index (χ0v) is 12.5. The number of carbonyl (C=O) groups is 2. The number of nitrogens with one attached hydrogen (secondary N) is 1. The largest absolute Gasteiger partial charge is 0.481 e. The molecule has 0 aromatic rings. The van der Waals surface area contributed by atoms with E-state index in [1.165, 1.54) is 0 Å². The second kappa shape index (κ2) is 6.12. The average molecular weight is 282 g/mol. The number of likely N-dealkylation sites (tertiary alicyclic amines) is 1. The number of aliphatic carboxylic acids is 1. The van der Waals surface area contributed by atoms with Crippen molar-refractivity contribution in [1.29, 1.82) is 0 Å². The van der Waals surface area contributed by atoms with E-state index >= 15 is 0 Å². The smallest absolute Gasteiger partial charge is 0.308 e. The molecular formula is C15H26N2O3. The normalized spacial score (nSPS) is 34.2. The molecule has 2 heterocycles. The van der Waals surface area contributed by atoms with Crippen molar-refractivity contribution in [3.05, 3.63) is 0 Å². The first-order valence-electron chi connectivity index (χ1n) is 7.76. The van der Waals surface area contributed by atoms with Gasteiger partial charge in [0.05, 0.1) is 11.3 Å². The zero-order valence-electron chi connectivity index (χ0n) is 12.5. The lowest BCUT2D eigenvalue weighted by Gasteiger charge is -2.40. The van der Waals surface area contributed by atoms with Gasteiger partial charge in [0.1, 0.15) is 0 Å². The quantitative estimate of drug-likeness (QED) is 0.819. The molecule has 2 saturated heterocycles. The minimum atomic E-state index is -0.779. The lowest BCUT2D eigenvalue weighted by Crippen LogP contribution is -2.53. The molecule has 0 saturated carbocycles. The summed E-state index contributed by atoms with van der Waals surface area (Å²) in [5, 5.41) is 12.6. The lowest BCUT2D eigenvalue weighted by atomic mass is 9.75. The number of hydrogen-bond donors (Lipinski definition) is 2. The van der Waals surface area contributed by atoms with Crippen molar-refractivity contribution < 1.29 is 14.7 Å². The minimum Gasteiger partial charge on any atom is -0.481 e. The van der Waals surface area contributed by atoms with Crippen LogP contribution in [-0.4, -0.2) is 47.6 Å². The van der Waals surface area contributed by atoms with Gasteiger partial charge in [0.2, 0.25) is 5.91 Å². The molecule has 1 amide bonds. The summed E-state index contributed by atoms with van der Waals surface area (Å²) >= 11 is 0. The summed E-state index contributed by atoms with van der Waals surface area (Å²) in [7, 11) is 0. The summed E-state index contributed by atoms with van der Waals surface area (Å²) in [6.45, 7) is 6.28. The van der Waals surface area contributed by atoms with Crippen LogP contribution in [0.4, 0.5) is 0 Å². The lowest BCUT2D eigenvalue weighted by molar-refractivity contribution is -0.147. The van der Waals surface area contributed by atoms with Crippen LogP contribution in [0.5, 0.6) is 0 Å². The number of carbonyl (C=O) groups excluding carboxylic acids is 1. The molecule has 2 fully saturated rings. The molecule has 5 heteroatoms. The minimum absolute atomic E-state index is 0.169. The van der Waals surface area contributed by atoms with Crippen molar-refractivity contribution in [2.24, 2.45) is 11.3 Å². The van der Waals surface area contributed by atoms with Gasteiger partial charge < -0.3 is 15.3 Å². The van der Waals surface area contributed by atoms with Gasteiger partial charge >= 0.3 is 5.97 Å². The number of amides is 1. The number of piperidine rings is 1. The van der Waals surface area contributed by atoms with E-state index < -0.39 is 11.9 Å². The van der Waals surface area contributed by atoms with Gasteiger partial charge in [-0.05, 0) is 39.2 Å². The van der Waals surface area contributed by atoms with Gasteiger partial charge in [0.25, 0.3) is 0 Å². The molecule has 0 radical (unpaired) electrons. The van der Waals surface area contributed by atoms with Crippen LogP contribution < -0.4 is 5.32 Å². The fourth-order valence-electron chi connectivity index (χ4n) is 3.81. The first kappa shape index (κ1) is 15.3. The molecular weight excluding hydrogens is 256 g/mol. The van der Waals surface area contributed by atoms with Crippen LogP contribution in [0.25, 0.3) is 0 Å². The SMILES string of the molecule is CCCC1(C(=O)N2CCC(C(=O)O)C2C)CCCNC1. The van der Waals surface area contributed by atoms with Gasteiger partial charge in [-0.1, -0.05) is 13.3 Å². The van der Waals surface area contributed by atoms with E-state index in [4.69, 9.17) is 0 Å². The number of hydrogen-bond acceptors (Lipinski definition) is 3. The van der Waals surface area contributed by atoms with Crippen LogP contribution in [0, 0.1) is 11.3 Å². The molecule has 20 heavy (non-hydrogen) atoms. The number of carboxylic acids is 1. The summed E-state index contributed by atoms with van der Waals surface area (Å²) in [5.74, 6) is -1.02. The van der Waals surface area contributed by atoms with Gasteiger partial charge in [0.15, 0.2) is 0 Å². The second-order valence-electron chi connectivity index (χ2n) is 6.28. The second-order valence-corrected chi connectivity index (χ2v) is 6.28. The molecule has 2 aliphatic rings. The van der Waals surface area contributed by atoms with Gasteiger partial charge in [0, 0.05) is 19.1 Å². The Kier molecular flexibility index (Phi) is 4.68. The third kappa shape index (κ3) is 2.68. The summed E-state index contributed by atoms with van der Waals surface area (Å²) in [4.78, 5) is 26.0. The fraction of sp³-hybridized carbons (Fsp3) is 0.867. The monoisotopic (exact) mass is 282 g/mol. The van der Waals surface area contributed by atoms with E-state index in [0.717, 1.165) is 38.8 Å². The fourth-order valence-corrected chi connectivity index (χ4v) is 3.81. The molecule has 0 aliphatic carbocycles. The maximum Gasteiger partial charge on any atom is 0.308 e. The number of nitrogens with zero attached hydrogens (tertiary/aromatic N) is 1. The van der Waals surface area contributed by atoms with Gasteiger partial charge in [-0.25, -0.2) is 0 Å². The number of rotatable bonds is 4. The third-order valence-electron chi connectivity index (χ3n) is 4.99. The highest BCUT2D eigenvalue weighted by atomic mass is 16.4. The molecule has 3 unspecified atom stereocenters. The highest BCUT2D eigenvalue weighted by molar-refractivity contribution is 5.85. The Balaban J connectivity index is 2.14. The summed E-state index contributed by atoms with van der Waals surface area (Å²) < 4.78 is 0. The van der Waals surface area contributed by atoms with Crippen LogP contribution in [0.15, 0.2) is 0 Å². The molecule has 0 spiro atoms. The molecule has 114 valence electrons. The molecule has 0 aromatic carbocycles. The Labute approximate surface area is 120 Å². The molecule has 5 nitrogen and oxygen atoms in total. The Morgan fingerprint density at radius 1 is 1.45 bits per heavy atom. The van der Waals surface area contributed by atoms with Crippen LogP contribution in [0.2, 0.25) is 0 Å². The van der Waals surface area contributed by atoms with Gasteiger partial charge in [-0.2, -0.15) is 0 Å². The standard InChI is InChI=1S/C15H26N2O3/c1-3-6-15(7-4-8-16-10-15)14(20)17-9-5-12(11(17)2)13(18)19/h11-12,16H,3-10H2,1-2H3,(H,18,19). The van der Waals surface area contributed by atoms with Crippen molar-refractivity contribution in [3.8, 4) is 0 Å². The maximum absolute atomic E-state index is 13.0. The third-order valence-corrected chi connectivity index (χ3v) is 4.99. The summed E-state index contributed by atoms with van der Waals surface area (Å²) in [5.41, 5.74) is -0.311. The van der Waals surface area contributed by atoms with E-state index in [0.29, 0.717) is 13.0 Å². The molecule has 2 N–H and O–H groups in total. The van der Waals surface area contributed by atoms with Crippen molar-refractivity contribution in [2.45, 2.75) is 52.0 Å². The van der Waals surface area contributed by atoms with Crippen LogP contribution in [-0.2, 0) is 9.59 Å². The summed E-state index contributed by atoms with van der Waals surface area (Å²) in [6.07, 6.45) is 4.40. The molecule has 2 rings (SSSR count). The highest BCUT2D eigenvalue weighted by Crippen LogP contribution is 2.37. The van der Waals surface area contributed by atoms with Crippen LogP contribution >= 0.6 is 0 Å². The predicted molar refractivity (Wildman–Crippen MR) is 76.4 cm³/mol. The Morgan fingerprint density at radius 2 is 2.20 bits per heavy atom. The van der Waals surface area contributed by atoms with Crippen molar-refractivity contribution in [3.63, 3.8) is 0 Å². The Hall–Kier alpha value is -1.10.